The second kappa shape index (κ2) is 8.47. The minimum Gasteiger partial charge on any atom is -0.496 e. The fourth-order valence-electron chi connectivity index (χ4n) is 4.05. The molecule has 6 nitrogen and oxygen atoms in total. The topological polar surface area (TPSA) is 64.4 Å². The Hall–Kier alpha value is -3.15. The van der Waals surface area contributed by atoms with Gasteiger partial charge in [0.05, 0.1) is 30.0 Å². The average Bonchev–Trinajstić information content (AvgIpc) is 3.20. The van der Waals surface area contributed by atoms with Crippen LogP contribution < -0.4 is 4.74 Å². The number of hydrogen-bond acceptors (Lipinski definition) is 4. The summed E-state index contributed by atoms with van der Waals surface area (Å²) in [4.78, 5) is 32.0. The number of piperidine rings is 1. The molecule has 0 unspecified atom stereocenters. The van der Waals surface area contributed by atoms with Gasteiger partial charge < -0.3 is 14.2 Å². The molecule has 2 aromatic carbocycles. The molecule has 1 saturated heterocycles. The van der Waals surface area contributed by atoms with Gasteiger partial charge in [0.1, 0.15) is 5.75 Å². The van der Waals surface area contributed by atoms with Crippen molar-refractivity contribution in [2.24, 2.45) is 5.92 Å². The number of para-hydroxylation sites is 3. The van der Waals surface area contributed by atoms with E-state index in [0.717, 1.165) is 23.9 Å². The molecule has 150 valence electrons. The SMILES string of the molecule is COc1ccccc1C(=O)[C@@H]1CCCN(C(=O)CCn2cnc3ccccc32)C1. The Morgan fingerprint density at radius 1 is 1.14 bits per heavy atom. The van der Waals surface area contributed by atoms with E-state index in [-0.39, 0.29) is 17.6 Å². The van der Waals surface area contributed by atoms with Crippen molar-refractivity contribution in [3.05, 3.63) is 60.4 Å². The lowest BCUT2D eigenvalue weighted by molar-refractivity contribution is -0.132. The highest BCUT2D eigenvalue weighted by atomic mass is 16.5. The first-order chi connectivity index (χ1) is 14.2. The molecule has 1 aromatic heterocycles. The lowest BCUT2D eigenvalue weighted by Gasteiger charge is -2.32. The van der Waals surface area contributed by atoms with Crippen molar-refractivity contribution >= 4 is 22.7 Å². The molecule has 0 saturated carbocycles. The molecule has 1 amide bonds. The summed E-state index contributed by atoms with van der Waals surface area (Å²) in [6.45, 7) is 1.76. The van der Waals surface area contributed by atoms with E-state index in [4.69, 9.17) is 4.74 Å². The lowest BCUT2D eigenvalue weighted by atomic mass is 9.89. The van der Waals surface area contributed by atoms with E-state index < -0.39 is 0 Å². The van der Waals surface area contributed by atoms with E-state index in [1.165, 1.54) is 0 Å². The molecule has 0 bridgehead atoms. The van der Waals surface area contributed by atoms with Crippen LogP contribution >= 0.6 is 0 Å². The maximum absolute atomic E-state index is 13.0. The molecule has 0 radical (unpaired) electrons. The van der Waals surface area contributed by atoms with Crippen LogP contribution in [0.1, 0.15) is 29.6 Å². The first-order valence-corrected chi connectivity index (χ1v) is 10.0. The number of aromatic nitrogens is 2. The Morgan fingerprint density at radius 3 is 2.79 bits per heavy atom. The van der Waals surface area contributed by atoms with Crippen LogP contribution in [0.5, 0.6) is 5.75 Å². The van der Waals surface area contributed by atoms with Crippen LogP contribution in [-0.2, 0) is 11.3 Å². The van der Waals surface area contributed by atoms with Gasteiger partial charge in [-0.1, -0.05) is 24.3 Å². The predicted octanol–water partition coefficient (Wildman–Crippen LogP) is 3.56. The summed E-state index contributed by atoms with van der Waals surface area (Å²) in [5, 5.41) is 0. The number of nitrogens with zero attached hydrogens (tertiary/aromatic N) is 3. The zero-order valence-corrected chi connectivity index (χ0v) is 16.6. The highest BCUT2D eigenvalue weighted by molar-refractivity contribution is 6.00. The maximum Gasteiger partial charge on any atom is 0.224 e. The minimum atomic E-state index is -0.182. The summed E-state index contributed by atoms with van der Waals surface area (Å²) >= 11 is 0. The summed E-state index contributed by atoms with van der Waals surface area (Å²) in [5.41, 5.74) is 2.56. The number of carbonyl (C=O) groups excluding carboxylic acids is 2. The number of rotatable bonds is 6. The number of fused-ring (bicyclic) bond motifs is 1. The Labute approximate surface area is 170 Å². The number of benzene rings is 2. The number of likely N-dealkylation sites (tertiary alicyclic amines) is 1. The first kappa shape index (κ1) is 19.2. The maximum atomic E-state index is 13.0. The summed E-state index contributed by atoms with van der Waals surface area (Å²) in [7, 11) is 1.57. The van der Waals surface area contributed by atoms with Gasteiger partial charge in [-0.05, 0) is 37.1 Å². The lowest BCUT2D eigenvalue weighted by Crippen LogP contribution is -2.42. The van der Waals surface area contributed by atoms with Crippen LogP contribution in [0.15, 0.2) is 54.9 Å². The molecule has 4 rings (SSSR count). The predicted molar refractivity (Wildman–Crippen MR) is 111 cm³/mol. The van der Waals surface area contributed by atoms with Gasteiger partial charge in [-0.3, -0.25) is 9.59 Å². The van der Waals surface area contributed by atoms with Crippen molar-refractivity contribution in [3.63, 3.8) is 0 Å². The molecular formula is C23H25N3O3. The highest BCUT2D eigenvalue weighted by Gasteiger charge is 2.30. The van der Waals surface area contributed by atoms with Gasteiger partial charge in [0.15, 0.2) is 5.78 Å². The van der Waals surface area contributed by atoms with Gasteiger partial charge in [0.25, 0.3) is 0 Å². The van der Waals surface area contributed by atoms with E-state index in [1.807, 2.05) is 45.9 Å². The zero-order chi connectivity index (χ0) is 20.2. The molecule has 29 heavy (non-hydrogen) atoms. The third-order valence-electron chi connectivity index (χ3n) is 5.61. The summed E-state index contributed by atoms with van der Waals surface area (Å²) in [6.07, 6.45) is 3.82. The number of methoxy groups -OCH3 is 1. The molecule has 1 aliphatic heterocycles. The number of hydrogen-bond donors (Lipinski definition) is 0. The smallest absolute Gasteiger partial charge is 0.224 e. The van der Waals surface area contributed by atoms with Gasteiger partial charge in [-0.15, -0.1) is 0 Å². The van der Waals surface area contributed by atoms with Gasteiger partial charge >= 0.3 is 0 Å². The number of ketones is 1. The second-order valence-corrected chi connectivity index (χ2v) is 7.42. The number of Topliss-reactive ketones (excluding diaryl/α,β-unsaturated/α-hetero) is 1. The molecule has 2 heterocycles. The second-order valence-electron chi connectivity index (χ2n) is 7.42. The number of imidazole rings is 1. The molecular weight excluding hydrogens is 366 g/mol. The van der Waals surface area contributed by atoms with Crippen molar-refractivity contribution in [3.8, 4) is 5.75 Å². The van der Waals surface area contributed by atoms with Gasteiger partial charge in [-0.2, -0.15) is 0 Å². The van der Waals surface area contributed by atoms with Crippen LogP contribution in [0.25, 0.3) is 11.0 Å². The molecule has 1 atom stereocenters. The van der Waals surface area contributed by atoms with Crippen LogP contribution in [0.2, 0.25) is 0 Å². The monoisotopic (exact) mass is 391 g/mol. The fourth-order valence-corrected chi connectivity index (χ4v) is 4.05. The van der Waals surface area contributed by atoms with Gasteiger partial charge in [0.2, 0.25) is 5.91 Å². The minimum absolute atomic E-state index is 0.0561. The Balaban J connectivity index is 1.40. The number of amides is 1. The zero-order valence-electron chi connectivity index (χ0n) is 16.6. The molecule has 0 spiro atoms. The summed E-state index contributed by atoms with van der Waals surface area (Å²) in [6, 6.07) is 15.2. The van der Waals surface area contributed by atoms with Crippen LogP contribution in [0.4, 0.5) is 0 Å². The summed E-state index contributed by atoms with van der Waals surface area (Å²) in [5.74, 6) is 0.548. The largest absolute Gasteiger partial charge is 0.496 e. The first-order valence-electron chi connectivity index (χ1n) is 10.0. The Morgan fingerprint density at radius 2 is 1.93 bits per heavy atom. The molecule has 1 fully saturated rings. The van der Waals surface area contributed by atoms with E-state index >= 15 is 0 Å². The van der Waals surface area contributed by atoms with Crippen molar-refractivity contribution in [2.45, 2.75) is 25.8 Å². The third-order valence-corrected chi connectivity index (χ3v) is 5.61. The van der Waals surface area contributed by atoms with Gasteiger partial charge in [-0.25, -0.2) is 4.98 Å². The van der Waals surface area contributed by atoms with Crippen molar-refractivity contribution in [2.75, 3.05) is 20.2 Å². The number of ether oxygens (including phenoxy) is 1. The van der Waals surface area contributed by atoms with Crippen molar-refractivity contribution in [1.82, 2.24) is 14.5 Å². The van der Waals surface area contributed by atoms with Gasteiger partial charge in [0, 0.05) is 32.0 Å². The van der Waals surface area contributed by atoms with Crippen LogP contribution in [0.3, 0.4) is 0 Å². The molecule has 0 aliphatic carbocycles. The van der Waals surface area contributed by atoms with Crippen molar-refractivity contribution in [1.29, 1.82) is 0 Å². The molecule has 0 N–H and O–H groups in total. The normalized spacial score (nSPS) is 16.7. The van der Waals surface area contributed by atoms with E-state index in [2.05, 4.69) is 4.98 Å². The Bertz CT molecular complexity index is 1030. The fraction of sp³-hybridized carbons (Fsp3) is 0.348. The Kier molecular flexibility index (Phi) is 5.60. The summed E-state index contributed by atoms with van der Waals surface area (Å²) < 4.78 is 7.35. The van der Waals surface area contributed by atoms with E-state index in [9.17, 15) is 9.59 Å². The van der Waals surface area contributed by atoms with Crippen LogP contribution in [-0.4, -0.2) is 46.3 Å². The quantitative estimate of drug-likeness (QED) is 0.603. The van der Waals surface area contributed by atoms with Crippen LogP contribution in [0, 0.1) is 5.92 Å². The molecule has 6 heteroatoms. The molecule has 3 aromatic rings. The average molecular weight is 391 g/mol. The van der Waals surface area contributed by atoms with Crippen molar-refractivity contribution < 1.29 is 14.3 Å². The highest BCUT2D eigenvalue weighted by Crippen LogP contribution is 2.26. The third kappa shape index (κ3) is 4.01. The van der Waals surface area contributed by atoms with E-state index in [1.54, 1.807) is 25.6 Å². The standard InChI is InChI=1S/C23H25N3O3/c1-29-21-11-5-2-8-18(21)23(28)17-7-6-13-25(15-17)22(27)12-14-26-16-24-19-9-3-4-10-20(19)26/h2-5,8-11,16-17H,6-7,12-15H2,1H3/t17-/m1/s1. The van der Waals surface area contributed by atoms with E-state index in [0.29, 0.717) is 37.4 Å². The number of aryl methyl sites for hydroxylation is 1. The molecule has 1 aliphatic rings. The number of carbonyl (C=O) groups is 2.